The van der Waals surface area contributed by atoms with Gasteiger partial charge in [0.1, 0.15) is 18.2 Å². The Labute approximate surface area is 261 Å². The molecular weight excluding hydrogens is 599 g/mol. The van der Waals surface area contributed by atoms with E-state index in [2.05, 4.69) is 0 Å². The first kappa shape index (κ1) is 29.3. The summed E-state index contributed by atoms with van der Waals surface area (Å²) in [5.41, 5.74) is 2.80. The van der Waals surface area contributed by atoms with Crippen LogP contribution in [-0.2, 0) is 16.1 Å². The molecule has 0 amide bonds. The molecule has 0 aliphatic carbocycles. The molecule has 1 aliphatic rings. The summed E-state index contributed by atoms with van der Waals surface area (Å²) in [6.45, 7) is 1.90. The third kappa shape index (κ3) is 5.86. The van der Waals surface area contributed by atoms with Crippen molar-refractivity contribution in [1.82, 2.24) is 4.57 Å². The highest BCUT2D eigenvalue weighted by molar-refractivity contribution is 7.07. The number of nitrogens with zero attached hydrogens (tertiary/aromatic N) is 2. The Kier molecular flexibility index (Phi) is 8.54. The zero-order valence-corrected chi connectivity index (χ0v) is 25.1. The first-order chi connectivity index (χ1) is 21.4. The summed E-state index contributed by atoms with van der Waals surface area (Å²) < 4.78 is 27.7. The lowest BCUT2D eigenvalue weighted by Crippen LogP contribution is -2.40. The van der Waals surface area contributed by atoms with E-state index in [1.54, 1.807) is 49.4 Å². The van der Waals surface area contributed by atoms with Crippen molar-refractivity contribution in [1.29, 1.82) is 0 Å². The lowest BCUT2D eigenvalue weighted by molar-refractivity contribution is -0.138. The van der Waals surface area contributed by atoms with Crippen molar-refractivity contribution in [2.45, 2.75) is 19.6 Å². The predicted octanol–water partition coefficient (Wildman–Crippen LogP) is 6.31. The van der Waals surface area contributed by atoms with Gasteiger partial charge < -0.3 is 9.47 Å². The average Bonchev–Trinajstić information content (AvgIpc) is 3.35. The molecule has 0 radical (unpaired) electrons. The summed E-state index contributed by atoms with van der Waals surface area (Å²) in [6.07, 6.45) is 1.69. The molecule has 0 N–H and O–H groups in total. The van der Waals surface area contributed by atoms with Crippen molar-refractivity contribution in [3.8, 4) is 5.75 Å². The van der Waals surface area contributed by atoms with E-state index in [-0.39, 0.29) is 30.2 Å². The lowest BCUT2D eigenvalue weighted by atomic mass is 9.93. The third-order valence-electron chi connectivity index (χ3n) is 7.09. The number of rotatable bonds is 8. The number of hydrogen-bond acceptors (Lipinski definition) is 6. The van der Waals surface area contributed by atoms with Gasteiger partial charge in [-0.3, -0.25) is 9.36 Å². The Morgan fingerprint density at radius 1 is 1.00 bits per heavy atom. The molecule has 5 aromatic rings. The van der Waals surface area contributed by atoms with Gasteiger partial charge in [0, 0.05) is 21.7 Å². The topological polar surface area (TPSA) is 69.9 Å². The maximum absolute atomic E-state index is 14.3. The Bertz CT molecular complexity index is 2060. The molecule has 0 bridgehead atoms. The summed E-state index contributed by atoms with van der Waals surface area (Å²) in [5.74, 6) is -0.485. The van der Waals surface area contributed by atoms with Gasteiger partial charge in [-0.05, 0) is 42.8 Å². The summed E-state index contributed by atoms with van der Waals surface area (Å²) in [7, 11) is 0. The van der Waals surface area contributed by atoms with E-state index in [1.165, 1.54) is 22.0 Å². The molecule has 1 aromatic heterocycles. The molecule has 2 heterocycles. The fraction of sp³-hybridized carbons (Fsp3) is 0.114. The lowest BCUT2D eigenvalue weighted by Gasteiger charge is -2.25. The second-order valence-corrected chi connectivity index (χ2v) is 11.3. The minimum Gasteiger partial charge on any atom is -0.488 e. The van der Waals surface area contributed by atoms with Gasteiger partial charge >= 0.3 is 5.97 Å². The van der Waals surface area contributed by atoms with Gasteiger partial charge in [-0.1, -0.05) is 102 Å². The minimum atomic E-state index is -0.778. The molecule has 4 aromatic carbocycles. The van der Waals surface area contributed by atoms with Gasteiger partial charge in [0.05, 0.1) is 28.5 Å². The normalized spacial score (nSPS) is 14.6. The molecule has 0 unspecified atom stereocenters. The van der Waals surface area contributed by atoms with Gasteiger partial charge in [0.2, 0.25) is 0 Å². The molecule has 9 heteroatoms. The van der Waals surface area contributed by atoms with Gasteiger partial charge in [0.25, 0.3) is 5.56 Å². The molecule has 44 heavy (non-hydrogen) atoms. The minimum absolute atomic E-state index is 0.00621. The smallest absolute Gasteiger partial charge is 0.338 e. The second kappa shape index (κ2) is 12.8. The Balaban J connectivity index is 1.53. The Morgan fingerprint density at radius 3 is 2.43 bits per heavy atom. The number of thiazole rings is 1. The van der Waals surface area contributed by atoms with Gasteiger partial charge in [-0.2, -0.15) is 0 Å². The van der Waals surface area contributed by atoms with Crippen LogP contribution in [0.25, 0.3) is 11.8 Å². The number of aromatic nitrogens is 1. The largest absolute Gasteiger partial charge is 0.488 e. The van der Waals surface area contributed by atoms with Crippen LogP contribution in [0.1, 0.15) is 35.2 Å². The van der Waals surface area contributed by atoms with Crippen molar-refractivity contribution in [3.05, 3.63) is 161 Å². The van der Waals surface area contributed by atoms with E-state index in [0.717, 1.165) is 11.1 Å². The first-order valence-electron chi connectivity index (χ1n) is 13.9. The number of fused-ring (bicyclic) bond motifs is 1. The van der Waals surface area contributed by atoms with Crippen molar-refractivity contribution >= 4 is 40.7 Å². The van der Waals surface area contributed by atoms with Crippen molar-refractivity contribution in [2.24, 2.45) is 4.99 Å². The van der Waals surface area contributed by atoms with Crippen molar-refractivity contribution in [3.63, 3.8) is 0 Å². The van der Waals surface area contributed by atoms with Crippen LogP contribution in [0.4, 0.5) is 4.39 Å². The maximum atomic E-state index is 14.3. The zero-order valence-electron chi connectivity index (χ0n) is 23.6. The molecule has 220 valence electrons. The highest BCUT2D eigenvalue weighted by Crippen LogP contribution is 2.35. The molecule has 0 saturated heterocycles. The Morgan fingerprint density at radius 2 is 1.70 bits per heavy atom. The monoisotopic (exact) mass is 624 g/mol. The number of esters is 1. The number of hydrogen-bond donors (Lipinski definition) is 0. The number of ether oxygens (including phenoxy) is 2. The summed E-state index contributed by atoms with van der Waals surface area (Å²) in [4.78, 5) is 33.0. The van der Waals surface area contributed by atoms with Crippen LogP contribution < -0.4 is 19.6 Å². The summed E-state index contributed by atoms with van der Waals surface area (Å²) in [6, 6.07) is 29.4. The van der Waals surface area contributed by atoms with E-state index in [9.17, 15) is 14.0 Å². The van der Waals surface area contributed by atoms with E-state index in [4.69, 9.17) is 26.1 Å². The van der Waals surface area contributed by atoms with Crippen LogP contribution >= 0.6 is 22.9 Å². The standard InChI is InChI=1S/C35H26ClFN2O4S/c1-2-42-34(41)30-31(22-11-5-3-6-12-22)38-35-39(32(30)23-13-7-4-8-14-23)33(40)29(44-35)20-25-19-26(36)17-18-28(25)43-21-24-15-9-10-16-27(24)37/h3-20,32H,2,21H2,1H3/b29-20-/t32-/m1/s1. The average molecular weight is 625 g/mol. The van der Waals surface area contributed by atoms with E-state index < -0.39 is 12.0 Å². The van der Waals surface area contributed by atoms with Crippen LogP contribution in [0.15, 0.2) is 118 Å². The number of carbonyl (C=O) groups is 1. The second-order valence-electron chi connectivity index (χ2n) is 9.90. The molecule has 0 fully saturated rings. The maximum Gasteiger partial charge on any atom is 0.338 e. The number of halogens is 2. The van der Waals surface area contributed by atoms with E-state index >= 15 is 0 Å². The fourth-order valence-corrected chi connectivity index (χ4v) is 6.24. The molecule has 6 nitrogen and oxygen atoms in total. The quantitative estimate of drug-likeness (QED) is 0.190. The van der Waals surface area contributed by atoms with Crippen LogP contribution in [0.3, 0.4) is 0 Å². The van der Waals surface area contributed by atoms with Crippen LogP contribution in [0.5, 0.6) is 5.75 Å². The summed E-state index contributed by atoms with van der Waals surface area (Å²) in [5, 5.41) is 0.445. The van der Waals surface area contributed by atoms with E-state index in [1.807, 2.05) is 60.7 Å². The van der Waals surface area contributed by atoms with Crippen molar-refractivity contribution in [2.75, 3.05) is 6.61 Å². The summed E-state index contributed by atoms with van der Waals surface area (Å²) >= 11 is 7.54. The van der Waals surface area contributed by atoms with Crippen LogP contribution in [0, 0.1) is 5.82 Å². The zero-order chi connectivity index (χ0) is 30.6. The van der Waals surface area contributed by atoms with Crippen LogP contribution in [0.2, 0.25) is 5.02 Å². The highest BCUT2D eigenvalue weighted by Gasteiger charge is 2.35. The van der Waals surface area contributed by atoms with Gasteiger partial charge in [-0.25, -0.2) is 14.2 Å². The van der Waals surface area contributed by atoms with Crippen molar-refractivity contribution < 1.29 is 18.7 Å². The van der Waals surface area contributed by atoms with Gasteiger partial charge in [-0.15, -0.1) is 0 Å². The molecule has 1 atom stereocenters. The number of carbonyl (C=O) groups excluding carboxylic acids is 1. The first-order valence-corrected chi connectivity index (χ1v) is 15.1. The molecular formula is C35H26ClFN2O4S. The molecule has 6 rings (SSSR count). The highest BCUT2D eigenvalue weighted by atomic mass is 35.5. The number of benzene rings is 4. The van der Waals surface area contributed by atoms with Crippen LogP contribution in [-0.4, -0.2) is 17.1 Å². The molecule has 0 saturated carbocycles. The third-order valence-corrected chi connectivity index (χ3v) is 8.31. The SMILES string of the molecule is CCOC(=O)C1=C(c2ccccc2)N=c2s/c(=C\c3cc(Cl)ccc3OCc3ccccc3F)c(=O)n2[C@@H]1c1ccccc1. The fourth-order valence-electron chi connectivity index (χ4n) is 5.07. The van der Waals surface area contributed by atoms with E-state index in [0.29, 0.717) is 36.9 Å². The Hall–Kier alpha value is -4.79. The van der Waals surface area contributed by atoms with Gasteiger partial charge in [0.15, 0.2) is 4.80 Å². The predicted molar refractivity (Wildman–Crippen MR) is 170 cm³/mol. The molecule has 1 aliphatic heterocycles. The molecule has 0 spiro atoms.